The molecule has 0 aliphatic carbocycles. The summed E-state index contributed by atoms with van der Waals surface area (Å²) >= 11 is 0. The molecule has 1 amide bonds. The molecule has 1 saturated heterocycles. The highest BCUT2D eigenvalue weighted by molar-refractivity contribution is 6.64. The van der Waals surface area contributed by atoms with Crippen LogP contribution in [0, 0.1) is 0 Å². The van der Waals surface area contributed by atoms with Gasteiger partial charge in [-0.05, 0) is 80.0 Å². The van der Waals surface area contributed by atoms with Gasteiger partial charge < -0.3 is 24.6 Å². The Bertz CT molecular complexity index is 1690. The van der Waals surface area contributed by atoms with Gasteiger partial charge in [0.1, 0.15) is 11.7 Å². The van der Waals surface area contributed by atoms with Crippen molar-refractivity contribution in [2.45, 2.75) is 84.5 Å². The molecule has 2 aromatic carbocycles. The van der Waals surface area contributed by atoms with Crippen molar-refractivity contribution in [3.8, 4) is 0 Å². The van der Waals surface area contributed by atoms with E-state index in [1.165, 1.54) is 0 Å². The zero-order valence-electron chi connectivity index (χ0n) is 26.4. The van der Waals surface area contributed by atoms with E-state index in [1.807, 2.05) is 97.0 Å². The van der Waals surface area contributed by atoms with E-state index in [2.05, 4.69) is 15.2 Å². The lowest BCUT2D eigenvalue weighted by molar-refractivity contribution is 0.00578. The molecule has 3 aliphatic rings. The number of para-hydroxylation sites is 1. The van der Waals surface area contributed by atoms with Gasteiger partial charge in [-0.2, -0.15) is 0 Å². The molecule has 3 aliphatic heterocycles. The minimum atomic E-state index is -1.14. The maximum Gasteiger partial charge on any atom is 0.497 e. The van der Waals surface area contributed by atoms with E-state index in [0.29, 0.717) is 48.6 Å². The SMILES string of the molecule is CC(C)(C)c1cc(N2CCc3cccc(C(=O)NC4=Nc5ccccc5C4)c3C2)nc(C(=O)O)c1B1OC(C)(C)C(C)(C)O1. The third-order valence-electron chi connectivity index (χ3n) is 9.25. The molecule has 1 fully saturated rings. The molecule has 0 radical (unpaired) electrons. The van der Waals surface area contributed by atoms with Crippen LogP contribution in [-0.2, 0) is 34.1 Å². The molecule has 44 heavy (non-hydrogen) atoms. The number of benzene rings is 2. The second-order valence-electron chi connectivity index (χ2n) is 13.9. The lowest BCUT2D eigenvalue weighted by Crippen LogP contribution is -2.45. The van der Waals surface area contributed by atoms with Crippen LogP contribution in [0.3, 0.4) is 0 Å². The van der Waals surface area contributed by atoms with Gasteiger partial charge in [-0.1, -0.05) is 51.1 Å². The highest BCUT2D eigenvalue weighted by Gasteiger charge is 2.54. The highest BCUT2D eigenvalue weighted by atomic mass is 16.7. The number of anilines is 1. The predicted octanol–water partition coefficient (Wildman–Crippen LogP) is 4.96. The van der Waals surface area contributed by atoms with E-state index in [0.717, 1.165) is 27.9 Å². The van der Waals surface area contributed by atoms with Crippen molar-refractivity contribution >= 4 is 41.8 Å². The van der Waals surface area contributed by atoms with Gasteiger partial charge in [0.2, 0.25) is 0 Å². The standard InChI is InChI=1S/C34H39BN4O5/c1-32(2,3)24-18-27(38-29(31(41)42)28(24)35-43-33(4,5)34(6,7)44-35)39-16-15-20-12-10-13-22(23(20)19-39)30(40)37-26-17-21-11-8-9-14-25(21)36-26/h8-14,18H,15-17,19H2,1-7H3,(H,41,42)(H,36,37,40). The Morgan fingerprint density at radius 3 is 2.34 bits per heavy atom. The first kappa shape index (κ1) is 30.0. The Balaban J connectivity index is 1.34. The molecule has 0 atom stereocenters. The first-order valence-corrected chi connectivity index (χ1v) is 15.1. The normalized spacial score (nSPS) is 18.5. The van der Waals surface area contributed by atoms with Crippen molar-refractivity contribution in [3.05, 3.63) is 82.0 Å². The molecular formula is C34H39BN4O5. The first-order chi connectivity index (χ1) is 20.6. The summed E-state index contributed by atoms with van der Waals surface area (Å²) in [5, 5.41) is 13.4. The lowest BCUT2D eigenvalue weighted by Gasteiger charge is -2.33. The summed E-state index contributed by atoms with van der Waals surface area (Å²) in [6, 6.07) is 15.6. The summed E-state index contributed by atoms with van der Waals surface area (Å²) in [7, 11) is -0.871. The van der Waals surface area contributed by atoms with Crippen LogP contribution in [0.25, 0.3) is 0 Å². The molecule has 228 valence electrons. The molecule has 0 bridgehead atoms. The van der Waals surface area contributed by atoms with Gasteiger partial charge in [0, 0.05) is 30.5 Å². The Morgan fingerprint density at radius 2 is 1.68 bits per heavy atom. The van der Waals surface area contributed by atoms with Gasteiger partial charge in [-0.15, -0.1) is 0 Å². The summed E-state index contributed by atoms with van der Waals surface area (Å²) in [4.78, 5) is 37.7. The number of amides is 1. The Labute approximate surface area is 258 Å². The van der Waals surface area contributed by atoms with Crippen LogP contribution in [0.2, 0.25) is 0 Å². The smallest absolute Gasteiger partial charge is 0.477 e. The predicted molar refractivity (Wildman–Crippen MR) is 172 cm³/mol. The van der Waals surface area contributed by atoms with E-state index in [1.54, 1.807) is 0 Å². The number of carboxylic acid groups (broad SMARTS) is 1. The van der Waals surface area contributed by atoms with E-state index in [-0.39, 0.29) is 11.6 Å². The molecule has 6 rings (SSSR count). The van der Waals surface area contributed by atoms with Crippen LogP contribution < -0.4 is 15.7 Å². The quantitative estimate of drug-likeness (QED) is 0.411. The number of pyridine rings is 1. The number of hydrogen-bond donors (Lipinski definition) is 2. The second kappa shape index (κ2) is 10.6. The summed E-state index contributed by atoms with van der Waals surface area (Å²) in [6.45, 7) is 15.0. The maximum atomic E-state index is 13.6. The highest BCUT2D eigenvalue weighted by Crippen LogP contribution is 2.38. The van der Waals surface area contributed by atoms with Crippen molar-refractivity contribution in [3.63, 3.8) is 0 Å². The second-order valence-corrected chi connectivity index (χ2v) is 13.9. The van der Waals surface area contributed by atoms with Crippen LogP contribution in [0.1, 0.15) is 91.6 Å². The van der Waals surface area contributed by atoms with E-state index in [9.17, 15) is 14.7 Å². The zero-order valence-corrected chi connectivity index (χ0v) is 26.4. The molecule has 0 saturated carbocycles. The number of carbonyl (C=O) groups is 2. The van der Waals surface area contributed by atoms with Gasteiger partial charge in [0.25, 0.3) is 5.91 Å². The average Bonchev–Trinajstić information content (AvgIpc) is 3.46. The van der Waals surface area contributed by atoms with Crippen LogP contribution in [0.4, 0.5) is 11.5 Å². The minimum absolute atomic E-state index is 0.0819. The van der Waals surface area contributed by atoms with Crippen LogP contribution >= 0.6 is 0 Å². The Kier molecular flexibility index (Phi) is 7.21. The largest absolute Gasteiger partial charge is 0.497 e. The fourth-order valence-electron chi connectivity index (χ4n) is 6.08. The van der Waals surface area contributed by atoms with Crippen LogP contribution in [0.15, 0.2) is 53.5 Å². The third-order valence-corrected chi connectivity index (χ3v) is 9.25. The number of carbonyl (C=O) groups excluding carboxylic acids is 1. The lowest BCUT2D eigenvalue weighted by atomic mass is 9.68. The maximum absolute atomic E-state index is 13.6. The summed E-state index contributed by atoms with van der Waals surface area (Å²) < 4.78 is 12.7. The first-order valence-electron chi connectivity index (χ1n) is 15.1. The molecule has 1 aromatic heterocycles. The third kappa shape index (κ3) is 5.30. The van der Waals surface area contributed by atoms with Gasteiger partial charge in [-0.3, -0.25) is 4.79 Å². The zero-order chi connectivity index (χ0) is 31.6. The molecule has 0 spiro atoms. The molecule has 10 heteroatoms. The number of aliphatic imine (C=N–C) groups is 1. The fourth-order valence-corrected chi connectivity index (χ4v) is 6.08. The number of nitrogens with zero attached hydrogens (tertiary/aromatic N) is 3. The number of aromatic nitrogens is 1. The van der Waals surface area contributed by atoms with Crippen molar-refractivity contribution in [1.82, 2.24) is 10.3 Å². The van der Waals surface area contributed by atoms with Crippen molar-refractivity contribution < 1.29 is 24.0 Å². The van der Waals surface area contributed by atoms with Crippen LogP contribution in [-0.4, -0.2) is 52.7 Å². The number of hydrogen-bond acceptors (Lipinski definition) is 7. The summed E-state index contributed by atoms with van der Waals surface area (Å²) in [5.41, 5.74) is 3.99. The molecule has 9 nitrogen and oxygen atoms in total. The topological polar surface area (TPSA) is 113 Å². The van der Waals surface area contributed by atoms with E-state index in [4.69, 9.17) is 14.3 Å². The van der Waals surface area contributed by atoms with E-state index < -0.39 is 29.7 Å². The van der Waals surface area contributed by atoms with Gasteiger partial charge in [0.15, 0.2) is 5.69 Å². The fraction of sp³-hybridized carbons (Fsp3) is 0.412. The number of fused-ring (bicyclic) bond motifs is 2. The average molecular weight is 595 g/mol. The molecule has 2 N–H and O–H groups in total. The summed E-state index contributed by atoms with van der Waals surface area (Å²) in [6.07, 6.45) is 1.27. The number of nitrogens with one attached hydrogen (secondary N) is 1. The monoisotopic (exact) mass is 594 g/mol. The van der Waals surface area contributed by atoms with Crippen LogP contribution in [0.5, 0.6) is 0 Å². The molecular weight excluding hydrogens is 555 g/mol. The number of amidine groups is 1. The minimum Gasteiger partial charge on any atom is -0.477 e. The van der Waals surface area contributed by atoms with Gasteiger partial charge >= 0.3 is 13.1 Å². The van der Waals surface area contributed by atoms with Crippen molar-refractivity contribution in [2.24, 2.45) is 4.99 Å². The van der Waals surface area contributed by atoms with Gasteiger partial charge in [-0.25, -0.2) is 14.8 Å². The number of rotatable bonds is 4. The van der Waals surface area contributed by atoms with Crippen molar-refractivity contribution in [2.75, 3.05) is 11.4 Å². The molecule has 0 unspecified atom stereocenters. The number of aromatic carboxylic acids is 1. The Hall–Kier alpha value is -4.02. The van der Waals surface area contributed by atoms with Crippen molar-refractivity contribution in [1.29, 1.82) is 0 Å². The number of carboxylic acids is 1. The van der Waals surface area contributed by atoms with Gasteiger partial charge in [0.05, 0.1) is 16.9 Å². The van der Waals surface area contributed by atoms with E-state index >= 15 is 0 Å². The molecule has 3 aromatic rings. The Morgan fingerprint density at radius 1 is 1.00 bits per heavy atom. The summed E-state index contributed by atoms with van der Waals surface area (Å²) in [5.74, 6) is -0.176. The molecule has 4 heterocycles.